The van der Waals surface area contributed by atoms with Crippen LogP contribution in [0, 0.1) is 24.7 Å². The van der Waals surface area contributed by atoms with Crippen LogP contribution in [0.15, 0.2) is 18.5 Å². The van der Waals surface area contributed by atoms with Gasteiger partial charge in [0.1, 0.15) is 0 Å². The summed E-state index contributed by atoms with van der Waals surface area (Å²) in [6.45, 7) is 10.2. The van der Waals surface area contributed by atoms with Gasteiger partial charge in [-0.1, -0.05) is 26.8 Å². The van der Waals surface area contributed by atoms with Crippen molar-refractivity contribution in [3.05, 3.63) is 29.6 Å². The van der Waals surface area contributed by atoms with E-state index < -0.39 is 0 Å². The van der Waals surface area contributed by atoms with E-state index in [1.54, 1.807) is 0 Å². The predicted molar refractivity (Wildman–Crippen MR) is 90.3 cm³/mol. The molecule has 0 saturated heterocycles. The molecule has 2 nitrogen and oxygen atoms in total. The van der Waals surface area contributed by atoms with E-state index in [2.05, 4.69) is 50.3 Å². The van der Waals surface area contributed by atoms with Crippen LogP contribution >= 0.6 is 0 Å². The topological polar surface area (TPSA) is 24.9 Å². The van der Waals surface area contributed by atoms with Crippen molar-refractivity contribution in [2.24, 2.45) is 17.8 Å². The number of rotatable bonds is 6. The first kappa shape index (κ1) is 16.5. The molecular formula is C19H32N2. The molecule has 1 saturated carbocycles. The molecule has 1 atom stereocenters. The zero-order valence-electron chi connectivity index (χ0n) is 14.2. The van der Waals surface area contributed by atoms with Gasteiger partial charge in [0, 0.05) is 18.4 Å². The highest BCUT2D eigenvalue weighted by Gasteiger charge is 2.29. The highest BCUT2D eigenvalue weighted by molar-refractivity contribution is 5.21. The third-order valence-corrected chi connectivity index (χ3v) is 5.10. The van der Waals surface area contributed by atoms with Gasteiger partial charge in [-0.2, -0.15) is 0 Å². The Bertz CT molecular complexity index is 419. The molecule has 0 spiro atoms. The zero-order valence-corrected chi connectivity index (χ0v) is 14.2. The van der Waals surface area contributed by atoms with Gasteiger partial charge >= 0.3 is 0 Å². The summed E-state index contributed by atoms with van der Waals surface area (Å²) in [5, 5.41) is 3.79. The lowest BCUT2D eigenvalue weighted by molar-refractivity contribution is 0.189. The zero-order chi connectivity index (χ0) is 15.2. The first-order valence-electron chi connectivity index (χ1n) is 8.76. The Morgan fingerprint density at radius 1 is 1.14 bits per heavy atom. The fraction of sp³-hybridized carbons (Fsp3) is 0.737. The first-order chi connectivity index (χ1) is 10.1. The molecule has 1 aromatic rings. The minimum absolute atomic E-state index is 0.491. The van der Waals surface area contributed by atoms with Crippen LogP contribution in [0.25, 0.3) is 0 Å². The SMILES string of the molecule is CCCNC(c1cncc(C)c1)C1CCC(C(C)C)CC1. The molecule has 1 aliphatic rings. The van der Waals surface area contributed by atoms with E-state index in [-0.39, 0.29) is 0 Å². The molecule has 1 N–H and O–H groups in total. The molecule has 118 valence electrons. The van der Waals surface area contributed by atoms with Crippen LogP contribution in [-0.4, -0.2) is 11.5 Å². The van der Waals surface area contributed by atoms with E-state index >= 15 is 0 Å². The van der Waals surface area contributed by atoms with Gasteiger partial charge in [-0.3, -0.25) is 4.98 Å². The summed E-state index contributed by atoms with van der Waals surface area (Å²) in [5.74, 6) is 2.55. The maximum Gasteiger partial charge on any atom is 0.0364 e. The smallest absolute Gasteiger partial charge is 0.0364 e. The lowest BCUT2D eigenvalue weighted by Gasteiger charge is -2.36. The standard InChI is InChI=1S/C19H32N2/c1-5-10-21-19(18-11-15(4)12-20-13-18)17-8-6-16(7-9-17)14(2)3/h11-14,16-17,19,21H,5-10H2,1-4H3. The second-order valence-electron chi connectivity index (χ2n) is 7.15. The molecule has 0 bridgehead atoms. The molecule has 0 radical (unpaired) electrons. The van der Waals surface area contributed by atoms with Crippen molar-refractivity contribution < 1.29 is 0 Å². The summed E-state index contributed by atoms with van der Waals surface area (Å²) in [4.78, 5) is 4.41. The van der Waals surface area contributed by atoms with Crippen LogP contribution in [0.4, 0.5) is 0 Å². The molecule has 0 amide bonds. The van der Waals surface area contributed by atoms with Crippen molar-refractivity contribution in [2.45, 2.75) is 65.8 Å². The van der Waals surface area contributed by atoms with E-state index in [0.29, 0.717) is 6.04 Å². The van der Waals surface area contributed by atoms with Crippen molar-refractivity contribution in [3.63, 3.8) is 0 Å². The Labute approximate surface area is 130 Å². The third kappa shape index (κ3) is 4.54. The van der Waals surface area contributed by atoms with Gasteiger partial charge in [0.2, 0.25) is 0 Å². The van der Waals surface area contributed by atoms with Crippen LogP contribution in [0.5, 0.6) is 0 Å². The number of aryl methyl sites for hydroxylation is 1. The fourth-order valence-corrected chi connectivity index (χ4v) is 3.75. The monoisotopic (exact) mass is 288 g/mol. The molecule has 21 heavy (non-hydrogen) atoms. The fourth-order valence-electron chi connectivity index (χ4n) is 3.75. The van der Waals surface area contributed by atoms with Crippen molar-refractivity contribution in [3.8, 4) is 0 Å². The molecule has 1 fully saturated rings. The summed E-state index contributed by atoms with van der Waals surface area (Å²) in [7, 11) is 0. The third-order valence-electron chi connectivity index (χ3n) is 5.10. The van der Waals surface area contributed by atoms with Crippen LogP contribution in [0.2, 0.25) is 0 Å². The Balaban J connectivity index is 2.06. The minimum Gasteiger partial charge on any atom is -0.310 e. The number of nitrogens with one attached hydrogen (secondary N) is 1. The summed E-state index contributed by atoms with van der Waals surface area (Å²) in [6, 6.07) is 2.81. The quantitative estimate of drug-likeness (QED) is 0.806. The average molecular weight is 288 g/mol. The van der Waals surface area contributed by atoms with Gasteiger partial charge in [0.25, 0.3) is 0 Å². The van der Waals surface area contributed by atoms with E-state index in [1.807, 2.05) is 6.20 Å². The Hall–Kier alpha value is -0.890. The van der Waals surface area contributed by atoms with Crippen molar-refractivity contribution in [1.29, 1.82) is 0 Å². The summed E-state index contributed by atoms with van der Waals surface area (Å²) in [6.07, 6.45) is 10.7. The molecular weight excluding hydrogens is 256 g/mol. The number of nitrogens with zero attached hydrogens (tertiary/aromatic N) is 1. The van der Waals surface area contributed by atoms with Crippen molar-refractivity contribution in [1.82, 2.24) is 10.3 Å². The van der Waals surface area contributed by atoms with Crippen molar-refractivity contribution >= 4 is 0 Å². The molecule has 1 unspecified atom stereocenters. The van der Waals surface area contributed by atoms with E-state index in [9.17, 15) is 0 Å². The first-order valence-corrected chi connectivity index (χ1v) is 8.76. The largest absolute Gasteiger partial charge is 0.310 e. The molecule has 1 aliphatic carbocycles. The van der Waals surface area contributed by atoms with Gasteiger partial charge in [-0.25, -0.2) is 0 Å². The Morgan fingerprint density at radius 2 is 1.81 bits per heavy atom. The summed E-state index contributed by atoms with van der Waals surface area (Å²) in [5.41, 5.74) is 2.66. The van der Waals surface area contributed by atoms with Gasteiger partial charge < -0.3 is 5.32 Å². The predicted octanol–water partition coefficient (Wildman–Crippen LogP) is 4.89. The lowest BCUT2D eigenvalue weighted by atomic mass is 9.73. The maximum atomic E-state index is 4.41. The number of hydrogen-bond acceptors (Lipinski definition) is 2. The molecule has 2 rings (SSSR count). The Kier molecular flexibility index (Phi) is 6.22. The van der Waals surface area contributed by atoms with Crippen LogP contribution in [0.3, 0.4) is 0 Å². The molecule has 0 aliphatic heterocycles. The number of pyridine rings is 1. The normalized spacial score (nSPS) is 24.2. The van der Waals surface area contributed by atoms with Gasteiger partial charge in [-0.15, -0.1) is 0 Å². The molecule has 0 aromatic carbocycles. The second kappa shape index (κ2) is 7.93. The minimum atomic E-state index is 0.491. The average Bonchev–Trinajstić information content (AvgIpc) is 2.48. The highest BCUT2D eigenvalue weighted by Crippen LogP contribution is 2.39. The summed E-state index contributed by atoms with van der Waals surface area (Å²) >= 11 is 0. The van der Waals surface area contributed by atoms with Gasteiger partial charge in [0.05, 0.1) is 0 Å². The number of hydrogen-bond donors (Lipinski definition) is 1. The molecule has 2 heteroatoms. The second-order valence-corrected chi connectivity index (χ2v) is 7.15. The van der Waals surface area contributed by atoms with Gasteiger partial charge in [-0.05, 0) is 74.5 Å². The van der Waals surface area contributed by atoms with E-state index in [4.69, 9.17) is 0 Å². The highest BCUT2D eigenvalue weighted by atomic mass is 14.9. The van der Waals surface area contributed by atoms with Crippen molar-refractivity contribution in [2.75, 3.05) is 6.54 Å². The Morgan fingerprint density at radius 3 is 2.38 bits per heavy atom. The lowest BCUT2D eigenvalue weighted by Crippen LogP contribution is -2.32. The van der Waals surface area contributed by atoms with Crippen LogP contribution < -0.4 is 5.32 Å². The molecule has 1 aromatic heterocycles. The summed E-state index contributed by atoms with van der Waals surface area (Å²) < 4.78 is 0. The van der Waals surface area contributed by atoms with Crippen LogP contribution in [-0.2, 0) is 0 Å². The molecule has 1 heterocycles. The van der Waals surface area contributed by atoms with Gasteiger partial charge in [0.15, 0.2) is 0 Å². The maximum absolute atomic E-state index is 4.41. The van der Waals surface area contributed by atoms with E-state index in [0.717, 1.165) is 24.3 Å². The van der Waals surface area contributed by atoms with E-state index in [1.165, 1.54) is 43.2 Å². The number of aromatic nitrogens is 1. The van der Waals surface area contributed by atoms with Crippen LogP contribution in [0.1, 0.15) is 70.0 Å².